The molecule has 3 aromatic rings. The van der Waals surface area contributed by atoms with Crippen LogP contribution in [0.1, 0.15) is 12.5 Å². The van der Waals surface area contributed by atoms with Crippen molar-refractivity contribution in [3.05, 3.63) is 48.0 Å². The van der Waals surface area contributed by atoms with Gasteiger partial charge in [-0.2, -0.15) is 0 Å². The number of ether oxygens (including phenoxy) is 1. The van der Waals surface area contributed by atoms with Crippen molar-refractivity contribution in [2.45, 2.75) is 13.3 Å². The van der Waals surface area contributed by atoms with Gasteiger partial charge in [-0.3, -0.25) is 9.59 Å². The summed E-state index contributed by atoms with van der Waals surface area (Å²) in [6.07, 6.45) is 0.652. The second-order valence-corrected chi connectivity index (χ2v) is 7.22. The van der Waals surface area contributed by atoms with Crippen LogP contribution >= 0.6 is 11.3 Å². The van der Waals surface area contributed by atoms with Crippen LogP contribution in [-0.4, -0.2) is 23.4 Å². The van der Waals surface area contributed by atoms with Crippen molar-refractivity contribution >= 4 is 44.2 Å². The molecule has 6 nitrogen and oxygen atoms in total. The van der Waals surface area contributed by atoms with E-state index in [0.29, 0.717) is 23.8 Å². The minimum absolute atomic E-state index is 0.0966. The zero-order chi connectivity index (χ0) is 18.1. The number of carbonyl (C=O) groups is 2. The molecular formula is C19H17N3O3S. The van der Waals surface area contributed by atoms with Gasteiger partial charge in [-0.05, 0) is 36.2 Å². The van der Waals surface area contributed by atoms with Crippen LogP contribution in [-0.2, 0) is 16.0 Å². The second-order valence-electron chi connectivity index (χ2n) is 6.19. The van der Waals surface area contributed by atoms with E-state index in [1.54, 1.807) is 6.07 Å². The third kappa shape index (κ3) is 3.39. The molecule has 2 aromatic carbocycles. The van der Waals surface area contributed by atoms with E-state index in [-0.39, 0.29) is 17.7 Å². The van der Waals surface area contributed by atoms with Crippen LogP contribution in [0.3, 0.4) is 0 Å². The fourth-order valence-electron chi connectivity index (χ4n) is 2.96. The molecule has 7 heteroatoms. The monoisotopic (exact) mass is 367 g/mol. The van der Waals surface area contributed by atoms with Crippen molar-refractivity contribution in [1.82, 2.24) is 4.98 Å². The maximum absolute atomic E-state index is 12.6. The van der Waals surface area contributed by atoms with Gasteiger partial charge in [-0.1, -0.05) is 29.5 Å². The fraction of sp³-hybridized carbons (Fsp3) is 0.211. The summed E-state index contributed by atoms with van der Waals surface area (Å²) in [5, 5.41) is 6.18. The van der Waals surface area contributed by atoms with Gasteiger partial charge in [0.2, 0.25) is 11.8 Å². The van der Waals surface area contributed by atoms with E-state index in [2.05, 4.69) is 15.6 Å². The molecule has 4 rings (SSSR count). The number of anilines is 2. The number of benzene rings is 2. The van der Waals surface area contributed by atoms with Gasteiger partial charge in [0.1, 0.15) is 12.4 Å². The van der Waals surface area contributed by atoms with Crippen LogP contribution in [0.15, 0.2) is 42.5 Å². The minimum atomic E-state index is -0.244. The first-order valence-electron chi connectivity index (χ1n) is 8.28. The Morgan fingerprint density at radius 1 is 1.19 bits per heavy atom. The van der Waals surface area contributed by atoms with Crippen molar-refractivity contribution in [2.75, 3.05) is 17.2 Å². The number of rotatable bonds is 3. The smallest absolute Gasteiger partial charge is 0.233 e. The fourth-order valence-corrected chi connectivity index (χ4v) is 3.87. The Morgan fingerprint density at radius 3 is 2.88 bits per heavy atom. The average molecular weight is 367 g/mol. The van der Waals surface area contributed by atoms with E-state index in [4.69, 9.17) is 4.74 Å². The molecule has 0 radical (unpaired) electrons. The molecule has 1 aliphatic rings. The summed E-state index contributed by atoms with van der Waals surface area (Å²) in [5.74, 6) is 0.384. The lowest BCUT2D eigenvalue weighted by molar-refractivity contribution is -0.121. The number of aromatic nitrogens is 1. The largest absolute Gasteiger partial charge is 0.492 e. The molecule has 1 unspecified atom stereocenters. The first kappa shape index (κ1) is 16.5. The van der Waals surface area contributed by atoms with Gasteiger partial charge < -0.3 is 15.4 Å². The molecule has 0 fully saturated rings. The zero-order valence-electron chi connectivity index (χ0n) is 14.1. The molecule has 132 valence electrons. The summed E-state index contributed by atoms with van der Waals surface area (Å²) < 4.78 is 6.59. The van der Waals surface area contributed by atoms with Crippen molar-refractivity contribution in [3.8, 4) is 5.75 Å². The molecule has 0 saturated heterocycles. The molecule has 0 aliphatic carbocycles. The topological polar surface area (TPSA) is 80.3 Å². The number of amides is 2. The van der Waals surface area contributed by atoms with Crippen LogP contribution in [0.25, 0.3) is 10.2 Å². The third-order valence-corrected chi connectivity index (χ3v) is 5.12. The Labute approximate surface area is 154 Å². The Morgan fingerprint density at radius 2 is 2.04 bits per heavy atom. The van der Waals surface area contributed by atoms with Crippen molar-refractivity contribution in [1.29, 1.82) is 0 Å². The standard InChI is InChI=1S/C19H17N3O3S/c1-11(23)20-14-6-7-15-17(9-14)26-19(21-15)22-18(24)13-8-12-4-2-3-5-16(12)25-10-13/h2-7,9,13H,8,10H2,1H3,(H,20,23)(H,21,22,24). The Bertz CT molecular complexity index is 999. The van der Waals surface area contributed by atoms with E-state index in [1.165, 1.54) is 18.3 Å². The molecule has 2 heterocycles. The zero-order valence-corrected chi connectivity index (χ0v) is 14.9. The molecular weight excluding hydrogens is 350 g/mol. The molecule has 0 saturated carbocycles. The van der Waals surface area contributed by atoms with Crippen molar-refractivity contribution < 1.29 is 14.3 Å². The summed E-state index contributed by atoms with van der Waals surface area (Å²) in [7, 11) is 0. The van der Waals surface area contributed by atoms with Gasteiger partial charge in [0.25, 0.3) is 0 Å². The van der Waals surface area contributed by atoms with Crippen molar-refractivity contribution in [3.63, 3.8) is 0 Å². The highest BCUT2D eigenvalue weighted by Gasteiger charge is 2.26. The number of carbonyl (C=O) groups excluding carboxylic acids is 2. The number of nitrogens with zero attached hydrogens (tertiary/aromatic N) is 1. The summed E-state index contributed by atoms with van der Waals surface area (Å²) in [5.41, 5.74) is 2.54. The van der Waals surface area contributed by atoms with Gasteiger partial charge in [-0.25, -0.2) is 4.98 Å². The highest BCUT2D eigenvalue weighted by molar-refractivity contribution is 7.22. The normalized spacial score (nSPS) is 15.8. The molecule has 2 N–H and O–H groups in total. The summed E-state index contributed by atoms with van der Waals surface area (Å²) >= 11 is 1.38. The maximum atomic E-state index is 12.6. The van der Waals surface area contributed by atoms with E-state index in [0.717, 1.165) is 21.5 Å². The molecule has 2 amide bonds. The highest BCUT2D eigenvalue weighted by atomic mass is 32.1. The predicted molar refractivity (Wildman–Crippen MR) is 102 cm³/mol. The number of fused-ring (bicyclic) bond motifs is 2. The van der Waals surface area contributed by atoms with Gasteiger partial charge >= 0.3 is 0 Å². The Balaban J connectivity index is 1.48. The van der Waals surface area contributed by atoms with Crippen LogP contribution in [0.5, 0.6) is 5.75 Å². The predicted octanol–water partition coefficient (Wildman–Crippen LogP) is 3.44. The van der Waals surface area contributed by atoms with Crippen LogP contribution in [0.2, 0.25) is 0 Å². The first-order chi connectivity index (χ1) is 12.6. The lowest BCUT2D eigenvalue weighted by atomic mass is 9.96. The molecule has 1 aliphatic heterocycles. The first-order valence-corrected chi connectivity index (χ1v) is 9.10. The average Bonchev–Trinajstić information content (AvgIpc) is 3.02. The molecule has 0 spiro atoms. The van der Waals surface area contributed by atoms with E-state index >= 15 is 0 Å². The number of thiazole rings is 1. The lowest BCUT2D eigenvalue weighted by Crippen LogP contribution is -2.32. The second kappa shape index (κ2) is 6.76. The SMILES string of the molecule is CC(=O)Nc1ccc2nc(NC(=O)C3COc4ccccc4C3)sc2c1. The van der Waals surface area contributed by atoms with Crippen LogP contribution in [0.4, 0.5) is 10.8 Å². The third-order valence-electron chi connectivity index (χ3n) is 4.19. The summed E-state index contributed by atoms with van der Waals surface area (Å²) in [4.78, 5) is 28.2. The van der Waals surface area contributed by atoms with E-state index in [9.17, 15) is 9.59 Å². The van der Waals surface area contributed by atoms with E-state index in [1.807, 2.05) is 36.4 Å². The molecule has 1 aromatic heterocycles. The quantitative estimate of drug-likeness (QED) is 0.743. The Kier molecular flexibility index (Phi) is 4.30. The molecule has 26 heavy (non-hydrogen) atoms. The van der Waals surface area contributed by atoms with Gasteiger partial charge in [0.15, 0.2) is 5.13 Å². The highest BCUT2D eigenvalue weighted by Crippen LogP contribution is 2.30. The summed E-state index contributed by atoms with van der Waals surface area (Å²) in [6, 6.07) is 13.2. The van der Waals surface area contributed by atoms with Crippen LogP contribution in [0, 0.1) is 5.92 Å². The van der Waals surface area contributed by atoms with Gasteiger partial charge in [0.05, 0.1) is 16.1 Å². The van der Waals surface area contributed by atoms with Gasteiger partial charge in [0, 0.05) is 12.6 Å². The summed E-state index contributed by atoms with van der Waals surface area (Å²) in [6.45, 7) is 1.83. The van der Waals surface area contributed by atoms with Crippen molar-refractivity contribution in [2.24, 2.45) is 5.92 Å². The number of nitrogens with one attached hydrogen (secondary N) is 2. The lowest BCUT2D eigenvalue weighted by Gasteiger charge is -2.24. The van der Waals surface area contributed by atoms with E-state index < -0.39 is 0 Å². The van der Waals surface area contributed by atoms with Crippen LogP contribution < -0.4 is 15.4 Å². The van der Waals surface area contributed by atoms with Gasteiger partial charge in [-0.15, -0.1) is 0 Å². The molecule has 1 atom stereocenters. The number of para-hydroxylation sites is 1. The maximum Gasteiger partial charge on any atom is 0.233 e. The molecule has 0 bridgehead atoms. The minimum Gasteiger partial charge on any atom is -0.492 e. The number of hydrogen-bond acceptors (Lipinski definition) is 5. The Hall–Kier alpha value is -2.93. The number of hydrogen-bond donors (Lipinski definition) is 2.